The maximum absolute atomic E-state index is 6.05. The number of hydrogen-bond acceptors (Lipinski definition) is 3. The maximum Gasteiger partial charge on any atom is 0.312 e. The van der Waals surface area contributed by atoms with Crippen molar-refractivity contribution in [3.63, 3.8) is 0 Å². The fraction of sp³-hybridized carbons (Fsp3) is 1.00. The van der Waals surface area contributed by atoms with E-state index in [0.29, 0.717) is 0 Å². The van der Waals surface area contributed by atoms with Crippen LogP contribution in [0, 0.1) is 0 Å². The average molecular weight is 239 g/mol. The molecule has 0 radical (unpaired) electrons. The Morgan fingerprint density at radius 2 is 1.08 bits per heavy atom. The summed E-state index contributed by atoms with van der Waals surface area (Å²) in [4.78, 5) is 0. The molecule has 1 aliphatic heterocycles. The fourth-order valence-corrected chi connectivity index (χ4v) is 34.2. The zero-order valence-electron chi connectivity index (χ0n) is 8.72. The summed E-state index contributed by atoms with van der Waals surface area (Å²) in [5, 5.41) is 0. The van der Waals surface area contributed by atoms with Crippen LogP contribution in [0.4, 0.5) is 0 Å². The lowest BCUT2D eigenvalue weighted by molar-refractivity contribution is 0.403. The minimum atomic E-state index is -1.76. The number of rotatable bonds is 0. The third-order valence-corrected chi connectivity index (χ3v) is 23.6. The third-order valence-electron chi connectivity index (χ3n) is 1.47. The Labute approximate surface area is 81.8 Å². The molecule has 0 amide bonds. The molecule has 12 heavy (non-hydrogen) atoms. The van der Waals surface area contributed by atoms with E-state index >= 15 is 0 Å². The van der Waals surface area contributed by atoms with Crippen LogP contribution in [-0.4, -0.2) is 23.5 Å². The summed E-state index contributed by atoms with van der Waals surface area (Å²) in [5.74, 6) is 0. The SMILES string of the molecule is C[Si]1(C)O[Si](C)(C)S[Si](C)(C)O1. The van der Waals surface area contributed by atoms with E-state index in [1.165, 1.54) is 0 Å². The normalized spacial score (nSPS) is 31.5. The Morgan fingerprint density at radius 3 is 1.33 bits per heavy atom. The van der Waals surface area contributed by atoms with Gasteiger partial charge < -0.3 is 8.23 Å². The summed E-state index contributed by atoms with van der Waals surface area (Å²) in [6.45, 7) is 13.5. The molecular formula is C6H18O2SSi3. The minimum Gasteiger partial charge on any atom is -0.428 e. The molecule has 0 aromatic heterocycles. The predicted molar refractivity (Wildman–Crippen MR) is 62.2 cm³/mol. The fourth-order valence-electron chi connectivity index (χ4n) is 1.84. The zero-order chi connectivity index (χ0) is 9.62. The van der Waals surface area contributed by atoms with Gasteiger partial charge in [0.15, 0.2) is 0 Å². The monoisotopic (exact) mass is 238 g/mol. The molecule has 6 heteroatoms. The predicted octanol–water partition coefficient (Wildman–Crippen LogP) is 2.87. The molecule has 0 saturated carbocycles. The quantitative estimate of drug-likeness (QED) is 0.605. The largest absolute Gasteiger partial charge is 0.428 e. The van der Waals surface area contributed by atoms with Gasteiger partial charge in [0.25, 0.3) is 0 Å². The first-order valence-electron chi connectivity index (χ1n) is 4.22. The smallest absolute Gasteiger partial charge is 0.312 e. The van der Waals surface area contributed by atoms with Crippen LogP contribution >= 0.6 is 10.7 Å². The molecule has 0 aromatic carbocycles. The van der Waals surface area contributed by atoms with Crippen LogP contribution in [-0.2, 0) is 8.23 Å². The minimum absolute atomic E-state index is 1.45. The van der Waals surface area contributed by atoms with Gasteiger partial charge >= 0.3 is 8.56 Å². The molecule has 0 aromatic rings. The molecule has 0 atom stereocenters. The Bertz CT molecular complexity index is 148. The van der Waals surface area contributed by atoms with Crippen molar-refractivity contribution in [1.82, 2.24) is 0 Å². The van der Waals surface area contributed by atoms with Crippen LogP contribution < -0.4 is 0 Å². The van der Waals surface area contributed by atoms with Gasteiger partial charge in [0.1, 0.15) is 0 Å². The van der Waals surface area contributed by atoms with E-state index < -0.39 is 23.5 Å². The summed E-state index contributed by atoms with van der Waals surface area (Å²) in [5.41, 5.74) is 0. The van der Waals surface area contributed by atoms with Crippen LogP contribution in [0.5, 0.6) is 0 Å². The molecule has 1 aliphatic rings. The Hall–Kier alpha value is 0.921. The van der Waals surface area contributed by atoms with Gasteiger partial charge in [0.05, 0.1) is 0 Å². The van der Waals surface area contributed by atoms with Crippen LogP contribution in [0.2, 0.25) is 39.3 Å². The second kappa shape index (κ2) is 2.96. The number of hydrogen-bond donors (Lipinski definition) is 0. The second-order valence-electron chi connectivity index (χ2n) is 4.51. The lowest BCUT2D eigenvalue weighted by Crippen LogP contribution is -2.58. The maximum atomic E-state index is 6.05. The van der Waals surface area contributed by atoms with Crippen molar-refractivity contribution in [3.05, 3.63) is 0 Å². The third kappa shape index (κ3) is 3.00. The van der Waals surface area contributed by atoms with Gasteiger partial charge in [0.2, 0.25) is 14.9 Å². The highest BCUT2D eigenvalue weighted by atomic mass is 32.5. The topological polar surface area (TPSA) is 18.5 Å². The van der Waals surface area contributed by atoms with Gasteiger partial charge in [-0.25, -0.2) is 0 Å². The first-order chi connectivity index (χ1) is 5.12. The van der Waals surface area contributed by atoms with Gasteiger partial charge in [-0.05, 0) is 39.3 Å². The molecule has 1 heterocycles. The van der Waals surface area contributed by atoms with Crippen LogP contribution in [0.3, 0.4) is 0 Å². The molecule has 0 unspecified atom stereocenters. The summed E-state index contributed by atoms with van der Waals surface area (Å²) >= 11 is 0. The first kappa shape index (κ1) is 11.0. The molecule has 0 spiro atoms. The molecule has 0 aliphatic carbocycles. The van der Waals surface area contributed by atoms with E-state index in [9.17, 15) is 0 Å². The van der Waals surface area contributed by atoms with E-state index in [-0.39, 0.29) is 0 Å². The molecule has 0 N–H and O–H groups in total. The highest BCUT2D eigenvalue weighted by Crippen LogP contribution is 2.40. The summed E-state index contributed by atoms with van der Waals surface area (Å²) in [6, 6.07) is 0. The molecule has 1 saturated heterocycles. The Morgan fingerprint density at radius 1 is 0.750 bits per heavy atom. The van der Waals surface area contributed by atoms with E-state index in [0.717, 1.165) is 0 Å². The summed E-state index contributed by atoms with van der Waals surface area (Å²) < 4.78 is 12.1. The van der Waals surface area contributed by atoms with Crippen molar-refractivity contribution in [2.75, 3.05) is 0 Å². The first-order valence-corrected chi connectivity index (χ1v) is 15.1. The summed E-state index contributed by atoms with van der Waals surface area (Å²) in [7, 11) is -2.63. The van der Waals surface area contributed by atoms with Crippen LogP contribution in [0.1, 0.15) is 0 Å². The second-order valence-corrected chi connectivity index (χ2v) is 23.1. The van der Waals surface area contributed by atoms with Gasteiger partial charge in [-0.2, -0.15) is 10.7 Å². The standard InChI is InChI=1S/C6H18O2SSi3/c1-10(2)7-11(3,4)9-12(5,6)8-10/h1-6H3. The van der Waals surface area contributed by atoms with E-state index in [1.54, 1.807) is 0 Å². The van der Waals surface area contributed by atoms with Crippen molar-refractivity contribution >= 4 is 34.2 Å². The van der Waals surface area contributed by atoms with Crippen molar-refractivity contribution in [3.8, 4) is 0 Å². The van der Waals surface area contributed by atoms with Crippen molar-refractivity contribution in [2.24, 2.45) is 0 Å². The summed E-state index contributed by atoms with van der Waals surface area (Å²) in [6.07, 6.45) is 0. The van der Waals surface area contributed by atoms with Gasteiger partial charge in [-0.15, -0.1) is 0 Å². The van der Waals surface area contributed by atoms with Crippen LogP contribution in [0.25, 0.3) is 0 Å². The van der Waals surface area contributed by atoms with Gasteiger partial charge in [-0.3, -0.25) is 0 Å². The molecule has 0 bridgehead atoms. The van der Waals surface area contributed by atoms with Gasteiger partial charge in [-0.1, -0.05) is 0 Å². The zero-order valence-corrected chi connectivity index (χ0v) is 12.5. The average Bonchev–Trinajstić information content (AvgIpc) is 1.44. The van der Waals surface area contributed by atoms with Crippen molar-refractivity contribution in [2.45, 2.75) is 39.3 Å². The lowest BCUT2D eigenvalue weighted by Gasteiger charge is -2.46. The Balaban J connectivity index is 2.81. The van der Waals surface area contributed by atoms with Crippen LogP contribution in [0.15, 0.2) is 0 Å². The van der Waals surface area contributed by atoms with Crippen molar-refractivity contribution < 1.29 is 8.23 Å². The van der Waals surface area contributed by atoms with E-state index in [4.69, 9.17) is 8.23 Å². The lowest BCUT2D eigenvalue weighted by atomic mass is 11.9. The molecule has 2 nitrogen and oxygen atoms in total. The highest BCUT2D eigenvalue weighted by molar-refractivity contribution is 8.49. The Kier molecular flexibility index (Phi) is 2.71. The van der Waals surface area contributed by atoms with Gasteiger partial charge in [0, 0.05) is 0 Å². The molecular weight excluding hydrogens is 220 g/mol. The highest BCUT2D eigenvalue weighted by Gasteiger charge is 2.49. The van der Waals surface area contributed by atoms with E-state index in [1.807, 2.05) is 10.7 Å². The van der Waals surface area contributed by atoms with E-state index in [2.05, 4.69) is 39.3 Å². The molecule has 72 valence electrons. The molecule has 1 rings (SSSR count). The van der Waals surface area contributed by atoms with Crippen molar-refractivity contribution in [1.29, 1.82) is 0 Å². The molecule has 1 fully saturated rings.